The molecule has 0 spiro atoms. The van der Waals surface area contributed by atoms with Crippen molar-refractivity contribution in [2.45, 2.75) is 13.5 Å². The Hall–Kier alpha value is -1.65. The normalized spacial score (nSPS) is 10.3. The molecule has 1 aromatic rings. The third-order valence-corrected chi connectivity index (χ3v) is 1.68. The number of nitrogen functional groups attached to an aromatic ring is 1. The SMILES string of the molecule is Cc1ccc(N)cc1C(=O)OC(F)F. The molecule has 0 aliphatic rings. The van der Waals surface area contributed by atoms with Crippen LogP contribution in [0.2, 0.25) is 0 Å². The summed E-state index contributed by atoms with van der Waals surface area (Å²) >= 11 is 0. The molecule has 0 aromatic heterocycles. The molecule has 0 saturated carbocycles. The van der Waals surface area contributed by atoms with Gasteiger partial charge in [0.2, 0.25) is 0 Å². The van der Waals surface area contributed by atoms with E-state index in [2.05, 4.69) is 4.74 Å². The minimum absolute atomic E-state index is 0.0605. The maximum absolute atomic E-state index is 11.7. The number of carbonyl (C=O) groups is 1. The van der Waals surface area contributed by atoms with Crippen LogP contribution in [0.5, 0.6) is 0 Å². The first kappa shape index (κ1) is 10.4. The topological polar surface area (TPSA) is 52.3 Å². The standard InChI is InChI=1S/C9H9F2NO2/c1-5-2-3-6(12)4-7(5)8(13)14-9(10)11/h2-4,9H,12H2,1H3. The van der Waals surface area contributed by atoms with Gasteiger partial charge in [-0.3, -0.25) is 0 Å². The summed E-state index contributed by atoms with van der Waals surface area (Å²) in [5, 5.41) is 0. The quantitative estimate of drug-likeness (QED) is 0.587. The highest BCUT2D eigenvalue weighted by Gasteiger charge is 2.15. The van der Waals surface area contributed by atoms with Gasteiger partial charge in [0, 0.05) is 5.69 Å². The molecule has 0 amide bonds. The van der Waals surface area contributed by atoms with E-state index in [4.69, 9.17) is 5.73 Å². The number of aryl methyl sites for hydroxylation is 1. The summed E-state index contributed by atoms with van der Waals surface area (Å²) in [7, 11) is 0. The van der Waals surface area contributed by atoms with E-state index in [1.807, 2.05) is 0 Å². The van der Waals surface area contributed by atoms with Crippen LogP contribution in [0.4, 0.5) is 14.5 Å². The second-order valence-corrected chi connectivity index (χ2v) is 2.74. The molecular weight excluding hydrogens is 192 g/mol. The molecule has 2 N–H and O–H groups in total. The van der Waals surface area contributed by atoms with Gasteiger partial charge in [0.05, 0.1) is 5.56 Å². The van der Waals surface area contributed by atoms with Crippen LogP contribution in [0.25, 0.3) is 0 Å². The van der Waals surface area contributed by atoms with E-state index >= 15 is 0 Å². The van der Waals surface area contributed by atoms with Gasteiger partial charge >= 0.3 is 12.6 Å². The van der Waals surface area contributed by atoms with Crippen molar-refractivity contribution in [3.63, 3.8) is 0 Å². The van der Waals surface area contributed by atoms with Crippen LogP contribution >= 0.6 is 0 Å². The highest BCUT2D eigenvalue weighted by Crippen LogP contribution is 2.14. The summed E-state index contributed by atoms with van der Waals surface area (Å²) in [4.78, 5) is 11.1. The van der Waals surface area contributed by atoms with Crippen molar-refractivity contribution in [2.75, 3.05) is 5.73 Å². The summed E-state index contributed by atoms with van der Waals surface area (Å²) < 4.78 is 27.2. The van der Waals surface area contributed by atoms with E-state index in [0.717, 1.165) is 0 Å². The summed E-state index contributed by atoms with van der Waals surface area (Å²) in [6.07, 6.45) is 0. The van der Waals surface area contributed by atoms with E-state index in [1.165, 1.54) is 6.07 Å². The molecular formula is C9H9F2NO2. The Kier molecular flexibility index (Phi) is 3.01. The largest absolute Gasteiger partial charge is 0.399 e. The molecule has 0 aliphatic heterocycles. The molecule has 0 atom stereocenters. The Bertz CT molecular complexity index is 353. The molecule has 76 valence electrons. The second kappa shape index (κ2) is 4.04. The van der Waals surface area contributed by atoms with Crippen LogP contribution in [-0.2, 0) is 4.74 Å². The lowest BCUT2D eigenvalue weighted by Gasteiger charge is -2.06. The van der Waals surface area contributed by atoms with Crippen LogP contribution in [0.15, 0.2) is 18.2 Å². The lowest BCUT2D eigenvalue weighted by atomic mass is 10.1. The molecule has 0 bridgehead atoms. The van der Waals surface area contributed by atoms with Gasteiger partial charge in [0.15, 0.2) is 0 Å². The number of hydrogen-bond acceptors (Lipinski definition) is 3. The molecule has 0 radical (unpaired) electrons. The first-order valence-electron chi connectivity index (χ1n) is 3.86. The van der Waals surface area contributed by atoms with Crippen LogP contribution in [0.1, 0.15) is 15.9 Å². The number of esters is 1. The van der Waals surface area contributed by atoms with E-state index < -0.39 is 12.6 Å². The van der Waals surface area contributed by atoms with Crippen LogP contribution < -0.4 is 5.73 Å². The lowest BCUT2D eigenvalue weighted by molar-refractivity contribution is -0.0906. The number of hydrogen-bond donors (Lipinski definition) is 1. The lowest BCUT2D eigenvalue weighted by Crippen LogP contribution is -2.11. The zero-order valence-electron chi connectivity index (χ0n) is 7.46. The average molecular weight is 201 g/mol. The van der Waals surface area contributed by atoms with Crippen LogP contribution in [0, 0.1) is 6.92 Å². The van der Waals surface area contributed by atoms with Crippen molar-refractivity contribution in [2.24, 2.45) is 0 Å². The fraction of sp³-hybridized carbons (Fsp3) is 0.222. The monoisotopic (exact) mass is 201 g/mol. The summed E-state index contributed by atoms with van der Waals surface area (Å²) in [6, 6.07) is 4.45. The fourth-order valence-corrected chi connectivity index (χ4v) is 1.00. The number of nitrogens with two attached hydrogens (primary N) is 1. The van der Waals surface area contributed by atoms with Gasteiger partial charge in [0.1, 0.15) is 0 Å². The van der Waals surface area contributed by atoms with E-state index in [1.54, 1.807) is 19.1 Å². The Balaban J connectivity index is 2.94. The first-order chi connectivity index (χ1) is 6.50. The van der Waals surface area contributed by atoms with Gasteiger partial charge in [-0.15, -0.1) is 0 Å². The van der Waals surface area contributed by atoms with Gasteiger partial charge in [0.25, 0.3) is 0 Å². The van der Waals surface area contributed by atoms with Crippen molar-refractivity contribution in [1.82, 2.24) is 0 Å². The van der Waals surface area contributed by atoms with Gasteiger partial charge in [-0.25, -0.2) is 4.79 Å². The van der Waals surface area contributed by atoms with Gasteiger partial charge < -0.3 is 10.5 Å². The summed E-state index contributed by atoms with van der Waals surface area (Å²) in [5.74, 6) is -1.07. The maximum atomic E-state index is 11.7. The minimum atomic E-state index is -3.11. The van der Waals surface area contributed by atoms with E-state index in [9.17, 15) is 13.6 Å². The Labute approximate surface area is 79.5 Å². The number of alkyl halides is 2. The predicted molar refractivity (Wildman–Crippen MR) is 47.0 cm³/mol. The third kappa shape index (κ3) is 2.42. The highest BCUT2D eigenvalue weighted by atomic mass is 19.3. The fourth-order valence-electron chi connectivity index (χ4n) is 1.00. The molecule has 0 heterocycles. The van der Waals surface area contributed by atoms with E-state index in [-0.39, 0.29) is 5.56 Å². The van der Waals surface area contributed by atoms with Gasteiger partial charge in [-0.2, -0.15) is 8.78 Å². The zero-order chi connectivity index (χ0) is 10.7. The van der Waals surface area contributed by atoms with Crippen LogP contribution in [-0.4, -0.2) is 12.6 Å². The number of benzene rings is 1. The Morgan fingerprint density at radius 2 is 2.14 bits per heavy atom. The van der Waals surface area contributed by atoms with Crippen molar-refractivity contribution in [3.05, 3.63) is 29.3 Å². The molecule has 3 nitrogen and oxygen atoms in total. The Morgan fingerprint density at radius 1 is 1.50 bits per heavy atom. The number of ether oxygens (including phenoxy) is 1. The van der Waals surface area contributed by atoms with Crippen molar-refractivity contribution >= 4 is 11.7 Å². The molecule has 0 saturated heterocycles. The molecule has 14 heavy (non-hydrogen) atoms. The second-order valence-electron chi connectivity index (χ2n) is 2.74. The first-order valence-corrected chi connectivity index (χ1v) is 3.86. The van der Waals surface area contributed by atoms with Crippen molar-refractivity contribution in [3.8, 4) is 0 Å². The average Bonchev–Trinajstić information content (AvgIpc) is 2.08. The molecule has 0 fully saturated rings. The number of anilines is 1. The maximum Gasteiger partial charge on any atom is 0.389 e. The molecule has 0 unspecified atom stereocenters. The zero-order valence-corrected chi connectivity index (χ0v) is 7.46. The number of carbonyl (C=O) groups excluding carboxylic acids is 1. The summed E-state index contributed by atoms with van der Waals surface area (Å²) in [6.45, 7) is -1.50. The smallest absolute Gasteiger partial charge is 0.389 e. The molecule has 1 aromatic carbocycles. The molecule has 0 aliphatic carbocycles. The highest BCUT2D eigenvalue weighted by molar-refractivity contribution is 5.92. The van der Waals surface area contributed by atoms with Gasteiger partial charge in [-0.05, 0) is 24.6 Å². The van der Waals surface area contributed by atoms with Crippen LogP contribution in [0.3, 0.4) is 0 Å². The Morgan fingerprint density at radius 3 is 2.71 bits per heavy atom. The number of rotatable bonds is 2. The minimum Gasteiger partial charge on any atom is -0.399 e. The molecule has 1 rings (SSSR count). The van der Waals surface area contributed by atoms with Gasteiger partial charge in [-0.1, -0.05) is 6.07 Å². The van der Waals surface area contributed by atoms with Crippen molar-refractivity contribution < 1.29 is 18.3 Å². The third-order valence-electron chi connectivity index (χ3n) is 1.68. The number of halogens is 2. The summed E-state index contributed by atoms with van der Waals surface area (Å²) in [5.41, 5.74) is 6.34. The molecule has 5 heteroatoms. The predicted octanol–water partition coefficient (Wildman–Crippen LogP) is 1.96. The van der Waals surface area contributed by atoms with Crippen molar-refractivity contribution in [1.29, 1.82) is 0 Å². The van der Waals surface area contributed by atoms with E-state index in [0.29, 0.717) is 11.3 Å².